The molecular weight excluding hydrogens is 284 g/mol. The lowest BCUT2D eigenvalue weighted by atomic mass is 10.2. The minimum Gasteiger partial charge on any atom is -0.340 e. The molecule has 0 unspecified atom stereocenters. The van der Waals surface area contributed by atoms with Gasteiger partial charge in [-0.25, -0.2) is 0 Å². The van der Waals surface area contributed by atoms with Crippen LogP contribution in [0.2, 0.25) is 0 Å². The Kier molecular flexibility index (Phi) is 4.55. The number of benzene rings is 1. The Morgan fingerprint density at radius 1 is 1.24 bits per heavy atom. The van der Waals surface area contributed by atoms with Crippen molar-refractivity contribution in [2.75, 3.05) is 18.8 Å². The first kappa shape index (κ1) is 14.1. The van der Waals surface area contributed by atoms with Crippen LogP contribution in [0.25, 0.3) is 0 Å². The minimum absolute atomic E-state index is 0.214. The highest BCUT2D eigenvalue weighted by Crippen LogP contribution is 2.21. The lowest BCUT2D eigenvalue weighted by Crippen LogP contribution is -2.30. The number of hydrogen-bond acceptors (Lipinski definition) is 4. The summed E-state index contributed by atoms with van der Waals surface area (Å²) in [4.78, 5) is 15.8. The second-order valence-electron chi connectivity index (χ2n) is 5.11. The van der Waals surface area contributed by atoms with Crippen molar-refractivity contribution < 1.29 is 4.79 Å². The molecule has 6 heteroatoms. The number of amides is 1. The maximum Gasteiger partial charge on any atom is 0.232 e. The van der Waals surface area contributed by atoms with Crippen LogP contribution in [0.1, 0.15) is 18.0 Å². The monoisotopic (exact) mass is 302 g/mol. The van der Waals surface area contributed by atoms with Crippen molar-refractivity contribution >= 4 is 17.7 Å². The van der Waals surface area contributed by atoms with Crippen molar-refractivity contribution in [1.29, 1.82) is 0 Å². The van der Waals surface area contributed by atoms with Gasteiger partial charge in [0.1, 0.15) is 0 Å². The van der Waals surface area contributed by atoms with Gasteiger partial charge in [-0.1, -0.05) is 30.3 Å². The van der Waals surface area contributed by atoms with Crippen LogP contribution in [0.15, 0.2) is 42.7 Å². The molecule has 3 rings (SSSR count). The predicted molar refractivity (Wildman–Crippen MR) is 82.9 cm³/mol. The SMILES string of the molecule is O=C(CSCc1ccccc1)N1CC[C@@H](n2nccn2)C1. The standard InChI is InChI=1S/C15H18N4OS/c20-15(12-21-11-13-4-2-1-3-5-13)18-9-6-14(10-18)19-16-7-8-17-19/h1-5,7-8,14H,6,9-12H2/t14-/m1/s1. The lowest BCUT2D eigenvalue weighted by molar-refractivity contribution is -0.127. The van der Waals surface area contributed by atoms with Crippen LogP contribution < -0.4 is 0 Å². The molecule has 5 nitrogen and oxygen atoms in total. The highest BCUT2D eigenvalue weighted by molar-refractivity contribution is 7.99. The predicted octanol–water partition coefficient (Wildman–Crippen LogP) is 1.98. The number of thioether (sulfide) groups is 1. The smallest absolute Gasteiger partial charge is 0.232 e. The molecule has 0 radical (unpaired) electrons. The second-order valence-corrected chi connectivity index (χ2v) is 6.10. The van der Waals surface area contributed by atoms with Crippen molar-refractivity contribution in [1.82, 2.24) is 19.9 Å². The van der Waals surface area contributed by atoms with Gasteiger partial charge < -0.3 is 4.90 Å². The van der Waals surface area contributed by atoms with E-state index in [1.54, 1.807) is 29.0 Å². The second kappa shape index (κ2) is 6.76. The van der Waals surface area contributed by atoms with Crippen LogP contribution in [0, 0.1) is 0 Å². The first-order valence-electron chi connectivity index (χ1n) is 7.08. The van der Waals surface area contributed by atoms with Gasteiger partial charge in [-0.05, 0) is 12.0 Å². The topological polar surface area (TPSA) is 51.0 Å². The van der Waals surface area contributed by atoms with Crippen molar-refractivity contribution in [3.05, 3.63) is 48.3 Å². The Morgan fingerprint density at radius 3 is 2.76 bits per heavy atom. The molecule has 1 aromatic heterocycles. The van der Waals surface area contributed by atoms with E-state index >= 15 is 0 Å². The van der Waals surface area contributed by atoms with Crippen LogP contribution in [0.4, 0.5) is 0 Å². The number of hydrogen-bond donors (Lipinski definition) is 0. The molecule has 21 heavy (non-hydrogen) atoms. The van der Waals surface area contributed by atoms with Crippen molar-refractivity contribution in [2.45, 2.75) is 18.2 Å². The summed E-state index contributed by atoms with van der Waals surface area (Å²) in [6.45, 7) is 1.52. The number of nitrogens with zero attached hydrogens (tertiary/aromatic N) is 4. The number of carbonyl (C=O) groups is 1. The highest BCUT2D eigenvalue weighted by atomic mass is 32.2. The van der Waals surface area contributed by atoms with Crippen LogP contribution in [-0.2, 0) is 10.5 Å². The van der Waals surface area contributed by atoms with E-state index in [-0.39, 0.29) is 11.9 Å². The highest BCUT2D eigenvalue weighted by Gasteiger charge is 2.27. The Morgan fingerprint density at radius 2 is 2.00 bits per heavy atom. The van der Waals surface area contributed by atoms with Gasteiger partial charge in [0.25, 0.3) is 0 Å². The van der Waals surface area contributed by atoms with Gasteiger partial charge >= 0.3 is 0 Å². The number of rotatable bonds is 5. The van der Waals surface area contributed by atoms with Gasteiger partial charge in [0.2, 0.25) is 5.91 Å². The molecule has 1 saturated heterocycles. The molecule has 0 N–H and O–H groups in total. The molecule has 1 atom stereocenters. The fourth-order valence-corrected chi connectivity index (χ4v) is 3.38. The van der Waals surface area contributed by atoms with E-state index in [1.165, 1.54) is 5.56 Å². The average Bonchev–Trinajstić information content (AvgIpc) is 3.19. The third-order valence-corrected chi connectivity index (χ3v) is 4.60. The van der Waals surface area contributed by atoms with Crippen molar-refractivity contribution in [3.8, 4) is 0 Å². The quantitative estimate of drug-likeness (QED) is 0.847. The Labute approximate surface area is 128 Å². The largest absolute Gasteiger partial charge is 0.340 e. The van der Waals surface area contributed by atoms with E-state index in [0.29, 0.717) is 5.75 Å². The third-order valence-electron chi connectivity index (χ3n) is 3.62. The molecule has 1 amide bonds. The van der Waals surface area contributed by atoms with Gasteiger partial charge in [0.15, 0.2) is 0 Å². The summed E-state index contributed by atoms with van der Waals surface area (Å²) >= 11 is 1.67. The zero-order valence-corrected chi connectivity index (χ0v) is 12.6. The Balaban J connectivity index is 1.44. The molecule has 2 heterocycles. The first-order valence-corrected chi connectivity index (χ1v) is 8.23. The third kappa shape index (κ3) is 3.64. The zero-order chi connectivity index (χ0) is 14.5. The van der Waals surface area contributed by atoms with Gasteiger partial charge in [-0.3, -0.25) is 4.79 Å². The fraction of sp³-hybridized carbons (Fsp3) is 0.400. The summed E-state index contributed by atoms with van der Waals surface area (Å²) in [6, 6.07) is 10.5. The van der Waals surface area contributed by atoms with E-state index < -0.39 is 0 Å². The summed E-state index contributed by atoms with van der Waals surface area (Å²) in [6.07, 6.45) is 4.30. The maximum atomic E-state index is 12.2. The van der Waals surface area contributed by atoms with Crippen LogP contribution in [-0.4, -0.2) is 44.6 Å². The van der Waals surface area contributed by atoms with Crippen LogP contribution >= 0.6 is 11.8 Å². The van der Waals surface area contributed by atoms with Gasteiger partial charge in [0, 0.05) is 18.8 Å². The normalized spacial score (nSPS) is 18.1. The van der Waals surface area contributed by atoms with Crippen molar-refractivity contribution in [2.24, 2.45) is 0 Å². The molecule has 110 valence electrons. The fourth-order valence-electron chi connectivity index (χ4n) is 2.49. The molecule has 0 saturated carbocycles. The van der Waals surface area contributed by atoms with E-state index in [1.807, 2.05) is 23.1 Å². The maximum absolute atomic E-state index is 12.2. The van der Waals surface area contributed by atoms with Crippen molar-refractivity contribution in [3.63, 3.8) is 0 Å². The van der Waals surface area contributed by atoms with E-state index in [4.69, 9.17) is 0 Å². The number of likely N-dealkylation sites (tertiary alicyclic amines) is 1. The molecule has 0 spiro atoms. The number of aromatic nitrogens is 3. The number of carbonyl (C=O) groups excluding carboxylic acids is 1. The van der Waals surface area contributed by atoms with Gasteiger partial charge in [-0.15, -0.1) is 11.8 Å². The summed E-state index contributed by atoms with van der Waals surface area (Å²) in [5, 5.41) is 8.31. The van der Waals surface area contributed by atoms with Gasteiger partial charge in [0.05, 0.1) is 24.2 Å². The lowest BCUT2D eigenvalue weighted by Gasteiger charge is -2.16. The summed E-state index contributed by atoms with van der Waals surface area (Å²) in [5.41, 5.74) is 1.26. The minimum atomic E-state index is 0.214. The average molecular weight is 302 g/mol. The molecule has 1 aromatic carbocycles. The summed E-state index contributed by atoms with van der Waals surface area (Å²) in [7, 11) is 0. The van der Waals surface area contributed by atoms with E-state index in [0.717, 1.165) is 25.3 Å². The Hall–Kier alpha value is -1.82. The van der Waals surface area contributed by atoms with Gasteiger partial charge in [-0.2, -0.15) is 15.0 Å². The van der Waals surface area contributed by atoms with Crippen LogP contribution in [0.5, 0.6) is 0 Å². The van der Waals surface area contributed by atoms with E-state index in [9.17, 15) is 4.79 Å². The first-order chi connectivity index (χ1) is 10.3. The molecule has 0 bridgehead atoms. The van der Waals surface area contributed by atoms with Crippen LogP contribution in [0.3, 0.4) is 0 Å². The van der Waals surface area contributed by atoms with E-state index in [2.05, 4.69) is 22.3 Å². The summed E-state index contributed by atoms with van der Waals surface area (Å²) in [5.74, 6) is 1.63. The summed E-state index contributed by atoms with van der Waals surface area (Å²) < 4.78 is 0. The molecule has 2 aromatic rings. The Bertz CT molecular complexity index is 573. The molecule has 1 aliphatic heterocycles. The molecule has 1 fully saturated rings. The molecule has 1 aliphatic rings. The molecular formula is C15H18N4OS. The zero-order valence-electron chi connectivity index (χ0n) is 11.8. The molecule has 0 aliphatic carbocycles.